The second-order valence-corrected chi connectivity index (χ2v) is 5.75. The molecule has 100 valence electrons. The van der Waals surface area contributed by atoms with Gasteiger partial charge in [0.25, 0.3) is 0 Å². The second kappa shape index (κ2) is 4.67. The molecule has 1 amide bonds. The second-order valence-electron chi connectivity index (χ2n) is 5.75. The van der Waals surface area contributed by atoms with Gasteiger partial charge in [-0.3, -0.25) is 9.69 Å². The molecule has 3 rings (SSSR count). The maximum Gasteiger partial charge on any atom is 0.243 e. The molecule has 1 aliphatic heterocycles. The quantitative estimate of drug-likeness (QED) is 0.758. The Bertz CT molecular complexity index is 346. The normalized spacial score (nSPS) is 34.4. The standard InChI is InChI=1S/C14H22N2O2/c1-2-13(17)15-11-10-12(14(11)4-3-5-14)16-6-8-18-9-7-16/h2,11-12H,1,3-10H2,(H,15,17)/t11-,12-/m1/s1. The van der Waals surface area contributed by atoms with Crippen LogP contribution in [0.15, 0.2) is 12.7 Å². The first-order valence-corrected chi connectivity index (χ1v) is 7.01. The van der Waals surface area contributed by atoms with Crippen molar-refractivity contribution in [2.24, 2.45) is 5.41 Å². The number of nitrogens with zero attached hydrogens (tertiary/aromatic N) is 1. The third-order valence-electron chi connectivity index (χ3n) is 5.09. The summed E-state index contributed by atoms with van der Waals surface area (Å²) in [5.74, 6) is -0.0216. The highest BCUT2D eigenvalue weighted by Gasteiger charge is 2.60. The van der Waals surface area contributed by atoms with Crippen molar-refractivity contribution in [2.75, 3.05) is 26.3 Å². The highest BCUT2D eigenvalue weighted by atomic mass is 16.5. The maximum absolute atomic E-state index is 11.5. The number of hydrogen-bond acceptors (Lipinski definition) is 3. The van der Waals surface area contributed by atoms with E-state index in [1.807, 2.05) is 0 Å². The Kier molecular flexibility index (Phi) is 3.16. The summed E-state index contributed by atoms with van der Waals surface area (Å²) >= 11 is 0. The molecular weight excluding hydrogens is 228 g/mol. The summed E-state index contributed by atoms with van der Waals surface area (Å²) in [6, 6.07) is 1.02. The van der Waals surface area contributed by atoms with Gasteiger partial charge in [0, 0.05) is 30.6 Å². The van der Waals surface area contributed by atoms with E-state index >= 15 is 0 Å². The van der Waals surface area contributed by atoms with E-state index in [0.29, 0.717) is 17.5 Å². The van der Waals surface area contributed by atoms with Crippen LogP contribution < -0.4 is 5.32 Å². The van der Waals surface area contributed by atoms with E-state index in [2.05, 4.69) is 16.8 Å². The summed E-state index contributed by atoms with van der Waals surface area (Å²) in [5, 5.41) is 3.11. The Balaban J connectivity index is 1.64. The fourth-order valence-corrected chi connectivity index (χ4v) is 3.87. The summed E-state index contributed by atoms with van der Waals surface area (Å²) in [7, 11) is 0. The Morgan fingerprint density at radius 2 is 2.11 bits per heavy atom. The van der Waals surface area contributed by atoms with Crippen LogP contribution in [0.4, 0.5) is 0 Å². The Labute approximate surface area is 108 Å². The van der Waals surface area contributed by atoms with Crippen molar-refractivity contribution >= 4 is 5.91 Å². The lowest BCUT2D eigenvalue weighted by Gasteiger charge is -2.64. The molecule has 1 spiro atoms. The number of ether oxygens (including phenoxy) is 1. The van der Waals surface area contributed by atoms with Crippen LogP contribution in [0.2, 0.25) is 0 Å². The van der Waals surface area contributed by atoms with E-state index < -0.39 is 0 Å². The van der Waals surface area contributed by atoms with E-state index in [1.165, 1.54) is 25.3 Å². The van der Waals surface area contributed by atoms with E-state index in [0.717, 1.165) is 32.7 Å². The number of carbonyl (C=O) groups excluding carboxylic acids is 1. The zero-order valence-corrected chi connectivity index (χ0v) is 10.9. The van der Waals surface area contributed by atoms with E-state index in [1.54, 1.807) is 0 Å². The van der Waals surface area contributed by atoms with Gasteiger partial charge in [0.2, 0.25) is 5.91 Å². The predicted octanol–water partition coefficient (Wildman–Crippen LogP) is 0.932. The largest absolute Gasteiger partial charge is 0.379 e. The topological polar surface area (TPSA) is 41.6 Å². The van der Waals surface area contributed by atoms with Gasteiger partial charge in [0.05, 0.1) is 13.2 Å². The lowest BCUT2D eigenvalue weighted by molar-refractivity contribution is -0.144. The zero-order valence-electron chi connectivity index (χ0n) is 10.9. The minimum absolute atomic E-state index is 0.0216. The smallest absolute Gasteiger partial charge is 0.243 e. The lowest BCUT2D eigenvalue weighted by Crippen LogP contribution is -2.72. The minimum atomic E-state index is -0.0216. The fourth-order valence-electron chi connectivity index (χ4n) is 3.87. The summed E-state index contributed by atoms with van der Waals surface area (Å²) in [4.78, 5) is 14.0. The Hall–Kier alpha value is -0.870. The van der Waals surface area contributed by atoms with Crippen LogP contribution in [0.1, 0.15) is 25.7 Å². The molecule has 2 atom stereocenters. The van der Waals surface area contributed by atoms with E-state index in [-0.39, 0.29) is 5.91 Å². The summed E-state index contributed by atoms with van der Waals surface area (Å²) in [5.41, 5.74) is 0.357. The van der Waals surface area contributed by atoms with Crippen LogP contribution in [0.3, 0.4) is 0 Å². The van der Waals surface area contributed by atoms with Gasteiger partial charge < -0.3 is 10.1 Å². The Morgan fingerprint density at radius 1 is 1.39 bits per heavy atom. The molecule has 0 aromatic rings. The molecule has 0 aromatic heterocycles. The number of morpholine rings is 1. The van der Waals surface area contributed by atoms with Gasteiger partial charge in [0.15, 0.2) is 0 Å². The molecule has 1 N–H and O–H groups in total. The third-order valence-corrected chi connectivity index (χ3v) is 5.09. The molecule has 3 aliphatic rings. The molecule has 2 aliphatic carbocycles. The van der Waals surface area contributed by atoms with Gasteiger partial charge in [-0.15, -0.1) is 0 Å². The molecule has 1 heterocycles. The molecule has 4 nitrogen and oxygen atoms in total. The van der Waals surface area contributed by atoms with Gasteiger partial charge in [-0.2, -0.15) is 0 Å². The number of hydrogen-bond donors (Lipinski definition) is 1. The number of carbonyl (C=O) groups is 1. The van der Waals surface area contributed by atoms with Crippen molar-refractivity contribution in [1.29, 1.82) is 0 Å². The number of amides is 1. The molecule has 0 bridgehead atoms. The number of rotatable bonds is 3. The zero-order chi connectivity index (χ0) is 12.6. The highest BCUT2D eigenvalue weighted by Crippen LogP contribution is 2.57. The molecule has 3 fully saturated rings. The van der Waals surface area contributed by atoms with Crippen LogP contribution in [-0.2, 0) is 9.53 Å². The van der Waals surface area contributed by atoms with Crippen LogP contribution in [0.25, 0.3) is 0 Å². The minimum Gasteiger partial charge on any atom is -0.379 e. The third kappa shape index (κ3) is 1.79. The van der Waals surface area contributed by atoms with Gasteiger partial charge in [-0.1, -0.05) is 13.0 Å². The van der Waals surface area contributed by atoms with Crippen LogP contribution >= 0.6 is 0 Å². The Morgan fingerprint density at radius 3 is 2.67 bits per heavy atom. The predicted molar refractivity (Wildman–Crippen MR) is 69.2 cm³/mol. The average molecular weight is 250 g/mol. The van der Waals surface area contributed by atoms with Crippen molar-refractivity contribution in [3.8, 4) is 0 Å². The number of nitrogens with one attached hydrogen (secondary N) is 1. The van der Waals surface area contributed by atoms with Crippen molar-refractivity contribution in [1.82, 2.24) is 10.2 Å². The van der Waals surface area contributed by atoms with Crippen LogP contribution in [0.5, 0.6) is 0 Å². The molecule has 2 saturated carbocycles. The average Bonchev–Trinajstić information content (AvgIpc) is 2.32. The van der Waals surface area contributed by atoms with Crippen molar-refractivity contribution in [3.63, 3.8) is 0 Å². The molecule has 18 heavy (non-hydrogen) atoms. The van der Waals surface area contributed by atoms with E-state index in [4.69, 9.17) is 4.74 Å². The van der Waals surface area contributed by atoms with E-state index in [9.17, 15) is 4.79 Å². The highest BCUT2D eigenvalue weighted by molar-refractivity contribution is 5.87. The molecule has 4 heteroatoms. The van der Waals surface area contributed by atoms with Gasteiger partial charge in [-0.25, -0.2) is 0 Å². The summed E-state index contributed by atoms with van der Waals surface area (Å²) in [6.07, 6.45) is 6.31. The first-order valence-electron chi connectivity index (χ1n) is 7.01. The van der Waals surface area contributed by atoms with Gasteiger partial charge in [-0.05, 0) is 25.3 Å². The summed E-state index contributed by atoms with van der Waals surface area (Å²) in [6.45, 7) is 7.35. The molecule has 0 radical (unpaired) electrons. The molecular formula is C14H22N2O2. The van der Waals surface area contributed by atoms with Gasteiger partial charge >= 0.3 is 0 Å². The van der Waals surface area contributed by atoms with Crippen molar-refractivity contribution in [3.05, 3.63) is 12.7 Å². The lowest BCUT2D eigenvalue weighted by atomic mass is 9.49. The SMILES string of the molecule is C=CC(=O)N[C@@H]1C[C@@H](N2CCOCC2)C12CCC2. The molecule has 0 unspecified atom stereocenters. The van der Waals surface area contributed by atoms with Crippen molar-refractivity contribution < 1.29 is 9.53 Å². The van der Waals surface area contributed by atoms with Crippen molar-refractivity contribution in [2.45, 2.75) is 37.8 Å². The van der Waals surface area contributed by atoms with Crippen LogP contribution in [0, 0.1) is 5.41 Å². The monoisotopic (exact) mass is 250 g/mol. The fraction of sp³-hybridized carbons (Fsp3) is 0.786. The maximum atomic E-state index is 11.5. The molecule has 1 saturated heterocycles. The van der Waals surface area contributed by atoms with Crippen LogP contribution in [-0.4, -0.2) is 49.2 Å². The summed E-state index contributed by atoms with van der Waals surface area (Å²) < 4.78 is 5.42. The first-order chi connectivity index (χ1) is 8.76. The molecule has 0 aromatic carbocycles. The van der Waals surface area contributed by atoms with Gasteiger partial charge in [0.1, 0.15) is 0 Å². The first kappa shape index (κ1) is 12.2.